The molecule has 2 amide bonds. The van der Waals surface area contributed by atoms with Crippen LogP contribution in [-0.2, 0) is 4.79 Å². The predicted molar refractivity (Wildman–Crippen MR) is 110 cm³/mol. The van der Waals surface area contributed by atoms with Crippen molar-refractivity contribution in [2.75, 3.05) is 52.4 Å². The molecule has 3 fully saturated rings. The standard InChI is InChI=1S/C18H32N4O3.2ClH/c23-17(24)2-1-15-5-9-21(10-6-15)18(25)22-13-11-20(12-14-22)16-3-7-19-8-4-16;;/h15-16,19H,1-14H2,(H,23,24);2*1H. The molecule has 0 atom stereocenters. The van der Waals surface area contributed by atoms with E-state index in [1.165, 1.54) is 12.8 Å². The average molecular weight is 425 g/mol. The Kier molecular flexibility index (Phi) is 10.7. The van der Waals surface area contributed by atoms with E-state index in [0.717, 1.165) is 71.6 Å². The summed E-state index contributed by atoms with van der Waals surface area (Å²) >= 11 is 0. The van der Waals surface area contributed by atoms with Crippen LogP contribution < -0.4 is 5.32 Å². The number of carboxylic acid groups (broad SMARTS) is 1. The summed E-state index contributed by atoms with van der Waals surface area (Å²) in [7, 11) is 0. The van der Waals surface area contributed by atoms with Crippen LogP contribution in [0.1, 0.15) is 38.5 Å². The first-order valence-electron chi connectivity index (χ1n) is 9.84. The zero-order chi connectivity index (χ0) is 17.6. The second-order valence-corrected chi connectivity index (χ2v) is 7.65. The van der Waals surface area contributed by atoms with Gasteiger partial charge in [-0.05, 0) is 51.1 Å². The monoisotopic (exact) mass is 424 g/mol. The molecule has 3 rings (SSSR count). The van der Waals surface area contributed by atoms with Crippen molar-refractivity contribution in [2.24, 2.45) is 5.92 Å². The van der Waals surface area contributed by atoms with Gasteiger partial charge >= 0.3 is 12.0 Å². The Morgan fingerprint density at radius 3 is 1.96 bits per heavy atom. The van der Waals surface area contributed by atoms with E-state index in [9.17, 15) is 9.59 Å². The van der Waals surface area contributed by atoms with Crippen LogP contribution in [0.25, 0.3) is 0 Å². The number of halogens is 2. The Labute approximate surface area is 174 Å². The van der Waals surface area contributed by atoms with Crippen molar-refractivity contribution >= 4 is 36.8 Å². The van der Waals surface area contributed by atoms with Crippen molar-refractivity contribution in [1.29, 1.82) is 0 Å². The van der Waals surface area contributed by atoms with Gasteiger partial charge in [0.2, 0.25) is 0 Å². The van der Waals surface area contributed by atoms with E-state index in [2.05, 4.69) is 10.2 Å². The highest BCUT2D eigenvalue weighted by molar-refractivity contribution is 5.85. The van der Waals surface area contributed by atoms with Gasteiger partial charge < -0.3 is 20.2 Å². The minimum absolute atomic E-state index is 0. The maximum Gasteiger partial charge on any atom is 0.320 e. The van der Waals surface area contributed by atoms with E-state index in [-0.39, 0.29) is 37.3 Å². The van der Waals surface area contributed by atoms with E-state index in [1.54, 1.807) is 0 Å². The van der Waals surface area contributed by atoms with Crippen LogP contribution >= 0.6 is 24.8 Å². The largest absolute Gasteiger partial charge is 0.481 e. The molecule has 0 aromatic rings. The molecule has 0 bridgehead atoms. The average Bonchev–Trinajstić information content (AvgIpc) is 2.67. The number of rotatable bonds is 4. The molecule has 0 radical (unpaired) electrons. The lowest BCUT2D eigenvalue weighted by Gasteiger charge is -2.43. The maximum atomic E-state index is 12.7. The van der Waals surface area contributed by atoms with E-state index in [0.29, 0.717) is 12.0 Å². The third kappa shape index (κ3) is 6.97. The second kappa shape index (κ2) is 11.9. The van der Waals surface area contributed by atoms with E-state index in [4.69, 9.17) is 5.11 Å². The van der Waals surface area contributed by atoms with Gasteiger partial charge in [0, 0.05) is 51.7 Å². The number of piperidine rings is 2. The minimum atomic E-state index is -0.717. The summed E-state index contributed by atoms with van der Waals surface area (Å²) in [4.78, 5) is 30.0. The molecule has 3 heterocycles. The lowest BCUT2D eigenvalue weighted by atomic mass is 9.92. The topological polar surface area (TPSA) is 76.1 Å². The SMILES string of the molecule is Cl.Cl.O=C(O)CCC1CCN(C(=O)N2CCN(C3CCNCC3)CC2)CC1. The summed E-state index contributed by atoms with van der Waals surface area (Å²) in [5.41, 5.74) is 0. The van der Waals surface area contributed by atoms with Crippen molar-refractivity contribution < 1.29 is 14.7 Å². The van der Waals surface area contributed by atoms with Gasteiger partial charge in [-0.25, -0.2) is 4.79 Å². The van der Waals surface area contributed by atoms with Crippen LogP contribution in [-0.4, -0.2) is 90.2 Å². The minimum Gasteiger partial charge on any atom is -0.481 e. The van der Waals surface area contributed by atoms with Crippen molar-refractivity contribution in [3.63, 3.8) is 0 Å². The molecule has 0 aliphatic carbocycles. The smallest absolute Gasteiger partial charge is 0.320 e. The van der Waals surface area contributed by atoms with Gasteiger partial charge in [-0.1, -0.05) is 0 Å². The molecule has 0 saturated carbocycles. The van der Waals surface area contributed by atoms with Crippen molar-refractivity contribution in [2.45, 2.75) is 44.6 Å². The quantitative estimate of drug-likeness (QED) is 0.720. The number of carbonyl (C=O) groups excluding carboxylic acids is 1. The fraction of sp³-hybridized carbons (Fsp3) is 0.889. The van der Waals surface area contributed by atoms with Crippen molar-refractivity contribution in [3.05, 3.63) is 0 Å². The number of carboxylic acids is 1. The zero-order valence-corrected chi connectivity index (χ0v) is 17.6. The third-order valence-electron chi connectivity index (χ3n) is 6.06. The summed E-state index contributed by atoms with van der Waals surface area (Å²) < 4.78 is 0. The Morgan fingerprint density at radius 2 is 1.41 bits per heavy atom. The molecule has 158 valence electrons. The lowest BCUT2D eigenvalue weighted by Crippen LogP contribution is -2.56. The molecule has 3 aliphatic rings. The van der Waals surface area contributed by atoms with E-state index >= 15 is 0 Å². The Bertz CT molecular complexity index is 462. The molecule has 0 aromatic carbocycles. The highest BCUT2D eigenvalue weighted by atomic mass is 35.5. The lowest BCUT2D eigenvalue weighted by molar-refractivity contribution is -0.137. The van der Waals surface area contributed by atoms with Crippen LogP contribution in [0.3, 0.4) is 0 Å². The van der Waals surface area contributed by atoms with Gasteiger partial charge in [0.25, 0.3) is 0 Å². The summed E-state index contributed by atoms with van der Waals surface area (Å²) in [5, 5.41) is 12.2. The molecule has 9 heteroatoms. The zero-order valence-electron chi connectivity index (χ0n) is 16.0. The number of carbonyl (C=O) groups is 2. The Hall–Kier alpha value is -0.760. The second-order valence-electron chi connectivity index (χ2n) is 7.65. The number of urea groups is 1. The van der Waals surface area contributed by atoms with Gasteiger partial charge in [0.1, 0.15) is 0 Å². The predicted octanol–water partition coefficient (Wildman–Crippen LogP) is 1.90. The van der Waals surface area contributed by atoms with Crippen molar-refractivity contribution in [3.8, 4) is 0 Å². The van der Waals surface area contributed by atoms with Crippen LogP contribution in [0, 0.1) is 5.92 Å². The number of piperazine rings is 1. The number of likely N-dealkylation sites (tertiary alicyclic amines) is 1. The summed E-state index contributed by atoms with van der Waals surface area (Å²) in [6.45, 7) is 7.43. The molecule has 3 aliphatic heterocycles. The van der Waals surface area contributed by atoms with Crippen molar-refractivity contribution in [1.82, 2.24) is 20.0 Å². The Morgan fingerprint density at radius 1 is 0.852 bits per heavy atom. The van der Waals surface area contributed by atoms with Gasteiger partial charge in [-0.2, -0.15) is 0 Å². The van der Waals surface area contributed by atoms with E-state index in [1.807, 2.05) is 9.80 Å². The first kappa shape index (κ1) is 24.3. The molecule has 2 N–H and O–H groups in total. The van der Waals surface area contributed by atoms with E-state index < -0.39 is 5.97 Å². The first-order valence-corrected chi connectivity index (χ1v) is 9.84. The maximum absolute atomic E-state index is 12.7. The number of hydrogen-bond acceptors (Lipinski definition) is 4. The highest BCUT2D eigenvalue weighted by Crippen LogP contribution is 2.23. The molecule has 0 unspecified atom stereocenters. The number of hydrogen-bond donors (Lipinski definition) is 2. The van der Waals surface area contributed by atoms with Crippen LogP contribution in [0.2, 0.25) is 0 Å². The molecule has 7 nitrogen and oxygen atoms in total. The number of nitrogens with zero attached hydrogens (tertiary/aromatic N) is 3. The molecular weight excluding hydrogens is 391 g/mol. The summed E-state index contributed by atoms with van der Waals surface area (Å²) in [5.74, 6) is -0.262. The summed E-state index contributed by atoms with van der Waals surface area (Å²) in [6.07, 6.45) is 5.31. The van der Waals surface area contributed by atoms with Crippen LogP contribution in [0.4, 0.5) is 4.79 Å². The molecule has 0 aromatic heterocycles. The Balaban J connectivity index is 0.00000182. The normalized spacial score (nSPS) is 22.7. The third-order valence-corrected chi connectivity index (χ3v) is 6.06. The number of nitrogens with one attached hydrogen (secondary N) is 1. The van der Waals surface area contributed by atoms with Crippen LogP contribution in [0.15, 0.2) is 0 Å². The number of aliphatic carboxylic acids is 1. The number of amides is 2. The molecule has 27 heavy (non-hydrogen) atoms. The van der Waals surface area contributed by atoms with Gasteiger partial charge in [-0.15, -0.1) is 24.8 Å². The highest BCUT2D eigenvalue weighted by Gasteiger charge is 2.30. The van der Waals surface area contributed by atoms with Gasteiger partial charge in [0.15, 0.2) is 0 Å². The van der Waals surface area contributed by atoms with Gasteiger partial charge in [-0.3, -0.25) is 9.69 Å². The molecule has 0 spiro atoms. The molecular formula is C18H34Cl2N4O3. The van der Waals surface area contributed by atoms with Crippen LogP contribution in [0.5, 0.6) is 0 Å². The summed E-state index contributed by atoms with van der Waals surface area (Å²) in [6, 6.07) is 0.866. The van der Waals surface area contributed by atoms with Gasteiger partial charge in [0.05, 0.1) is 0 Å². The first-order chi connectivity index (χ1) is 12.1. The molecule has 3 saturated heterocycles. The fourth-order valence-electron chi connectivity index (χ4n) is 4.39. The fourth-order valence-corrected chi connectivity index (χ4v) is 4.39.